The Morgan fingerprint density at radius 2 is 2.08 bits per heavy atom. The number of nitrogens with zero attached hydrogens (tertiary/aromatic N) is 7. The van der Waals surface area contributed by atoms with Gasteiger partial charge in [0.2, 0.25) is 0 Å². The molecule has 0 fully saturated rings. The van der Waals surface area contributed by atoms with Crippen molar-refractivity contribution in [3.63, 3.8) is 0 Å². The number of thiol groups is 1. The molecule has 1 aromatic carbocycles. The zero-order valence-corrected chi connectivity index (χ0v) is 22.6. The van der Waals surface area contributed by atoms with Crippen molar-refractivity contribution in [1.29, 1.82) is 0 Å². The van der Waals surface area contributed by atoms with Crippen LogP contribution in [0.5, 0.6) is 0 Å². The number of hydrogen-bond acceptors (Lipinski definition) is 7. The topological polar surface area (TPSA) is 115 Å². The van der Waals surface area contributed by atoms with Gasteiger partial charge in [0.05, 0.1) is 28.5 Å². The van der Waals surface area contributed by atoms with Crippen molar-refractivity contribution in [2.45, 2.75) is 25.8 Å². The molecule has 0 radical (unpaired) electrons. The summed E-state index contributed by atoms with van der Waals surface area (Å²) in [4.78, 5) is 35.4. The van der Waals surface area contributed by atoms with Gasteiger partial charge in [0.1, 0.15) is 12.2 Å². The number of halogens is 1. The van der Waals surface area contributed by atoms with Crippen LogP contribution in [-0.2, 0) is 11.2 Å². The molecular formula is C26H25ClN8O2S. The maximum absolute atomic E-state index is 13.4. The molecule has 0 spiro atoms. The number of likely N-dealkylation sites (N-methyl/N-ethyl adjacent to an activating group) is 1. The lowest BCUT2D eigenvalue weighted by molar-refractivity contribution is -0.123. The fourth-order valence-electron chi connectivity index (χ4n) is 4.63. The fourth-order valence-corrected chi connectivity index (χ4v) is 5.14. The van der Waals surface area contributed by atoms with Crippen LogP contribution < -0.4 is 5.56 Å². The zero-order chi connectivity index (χ0) is 27.0. The van der Waals surface area contributed by atoms with Crippen molar-refractivity contribution in [2.75, 3.05) is 14.1 Å². The Morgan fingerprint density at radius 3 is 2.79 bits per heavy atom. The first-order chi connectivity index (χ1) is 18.3. The number of aryl methyl sites for hydroxylation is 1. The lowest BCUT2D eigenvalue weighted by Crippen LogP contribution is -2.24. The molecule has 0 saturated carbocycles. The quantitative estimate of drug-likeness (QED) is 0.216. The molecule has 1 N–H and O–H groups in total. The van der Waals surface area contributed by atoms with E-state index in [1.54, 1.807) is 53.8 Å². The highest BCUT2D eigenvalue weighted by atomic mass is 35.5. The molecule has 5 rings (SSSR count). The number of aromatic nitrogens is 7. The Hall–Kier alpha value is -3.96. The molecule has 194 valence electrons. The number of aromatic amines is 1. The largest absolute Gasteiger partial charge is 0.344 e. The molecule has 0 saturated heterocycles. The maximum Gasteiger partial charge on any atom is 0.259 e. The molecule has 12 heteroatoms. The Balaban J connectivity index is 1.48. The van der Waals surface area contributed by atoms with Crippen LogP contribution in [0.1, 0.15) is 36.6 Å². The van der Waals surface area contributed by atoms with Crippen molar-refractivity contribution < 1.29 is 4.79 Å². The highest BCUT2D eigenvalue weighted by Gasteiger charge is 2.28. The number of nitrogens with one attached hydrogen (secondary N) is 1. The van der Waals surface area contributed by atoms with Gasteiger partial charge in [-0.25, -0.2) is 4.98 Å². The number of rotatable bonds is 6. The van der Waals surface area contributed by atoms with E-state index in [0.717, 1.165) is 40.2 Å². The van der Waals surface area contributed by atoms with Gasteiger partial charge in [-0.1, -0.05) is 17.7 Å². The Morgan fingerprint density at radius 1 is 1.26 bits per heavy atom. The van der Waals surface area contributed by atoms with Crippen molar-refractivity contribution in [2.24, 2.45) is 0 Å². The smallest absolute Gasteiger partial charge is 0.259 e. The first-order valence-corrected chi connectivity index (χ1v) is 12.7. The van der Waals surface area contributed by atoms with Gasteiger partial charge in [-0.2, -0.15) is 4.68 Å². The van der Waals surface area contributed by atoms with Crippen molar-refractivity contribution in [3.8, 4) is 16.8 Å². The Labute approximate surface area is 229 Å². The maximum atomic E-state index is 13.4. The Bertz CT molecular complexity index is 1640. The highest BCUT2D eigenvalue weighted by molar-refractivity contribution is 7.85. The molecule has 1 amide bonds. The van der Waals surface area contributed by atoms with Crippen molar-refractivity contribution in [3.05, 3.63) is 92.5 Å². The standard InChI is InChI=1S/C26H25ClN8O2S/c1-4-15(10-23(38)26(37)33(2)3)20-13-28-25(30-20)22-8-6-18-9-16(11-24(36)35(18)22)19-12-17(27)5-7-21(19)34-14-29-31-32-34/h4-5,7,9-14,22,38H,6,8H2,1-3H3,(H,28,30)/b15-4+,23-10-/t22-/m0/s1. The lowest BCUT2D eigenvalue weighted by atomic mass is 10.0. The number of tetrazole rings is 1. The summed E-state index contributed by atoms with van der Waals surface area (Å²) in [5.41, 5.74) is 4.50. The summed E-state index contributed by atoms with van der Waals surface area (Å²) in [6.45, 7) is 1.88. The predicted octanol–water partition coefficient (Wildman–Crippen LogP) is 3.71. The molecule has 1 atom stereocenters. The number of fused-ring (bicyclic) bond motifs is 1. The van der Waals surface area contributed by atoms with Crippen LogP contribution in [-0.4, -0.2) is 59.6 Å². The zero-order valence-electron chi connectivity index (χ0n) is 21.0. The van der Waals surface area contributed by atoms with E-state index in [-0.39, 0.29) is 17.5 Å². The van der Waals surface area contributed by atoms with E-state index in [1.165, 1.54) is 11.2 Å². The second-order valence-corrected chi connectivity index (χ2v) is 9.99. The van der Waals surface area contributed by atoms with Crippen LogP contribution in [0.25, 0.3) is 22.4 Å². The number of carbonyl (C=O) groups is 1. The summed E-state index contributed by atoms with van der Waals surface area (Å²) in [6, 6.07) is 8.75. The van der Waals surface area contributed by atoms with E-state index >= 15 is 0 Å². The van der Waals surface area contributed by atoms with Gasteiger partial charge in [-0.05, 0) is 71.7 Å². The molecule has 1 aliphatic rings. The average molecular weight is 549 g/mol. The van der Waals surface area contributed by atoms with Crippen LogP contribution in [0, 0.1) is 0 Å². The van der Waals surface area contributed by atoms with Gasteiger partial charge < -0.3 is 14.5 Å². The van der Waals surface area contributed by atoms with Crippen LogP contribution >= 0.6 is 24.2 Å². The van der Waals surface area contributed by atoms with Gasteiger partial charge in [-0.3, -0.25) is 9.59 Å². The molecule has 4 heterocycles. The van der Waals surface area contributed by atoms with Crippen LogP contribution in [0.4, 0.5) is 0 Å². The second kappa shape index (κ2) is 10.4. The summed E-state index contributed by atoms with van der Waals surface area (Å²) < 4.78 is 3.32. The van der Waals surface area contributed by atoms with Gasteiger partial charge >= 0.3 is 0 Å². The molecule has 10 nitrogen and oxygen atoms in total. The van der Waals surface area contributed by atoms with Crippen LogP contribution in [0.15, 0.2) is 64.7 Å². The third-order valence-corrected chi connectivity index (χ3v) is 7.01. The number of imidazole rings is 1. The molecule has 0 unspecified atom stereocenters. The SMILES string of the molecule is C/C=C(\C=C(/S)C(=O)N(C)C)c1cnc([C@@H]2CCc3cc(-c4cc(Cl)ccc4-n4cnnn4)cc(=O)n32)[nH]1. The highest BCUT2D eigenvalue weighted by Crippen LogP contribution is 2.34. The third-order valence-electron chi connectivity index (χ3n) is 6.45. The molecule has 4 aromatic rings. The fraction of sp³-hybridized carbons (Fsp3) is 0.231. The summed E-state index contributed by atoms with van der Waals surface area (Å²) in [5.74, 6) is 0.487. The summed E-state index contributed by atoms with van der Waals surface area (Å²) in [7, 11) is 3.35. The molecule has 1 aliphatic heterocycles. The molecule has 0 bridgehead atoms. The number of carbonyl (C=O) groups excluding carboxylic acids is 1. The summed E-state index contributed by atoms with van der Waals surface area (Å²) in [6.07, 6.45) is 8.22. The molecule has 38 heavy (non-hydrogen) atoms. The number of amides is 1. The van der Waals surface area contributed by atoms with Crippen molar-refractivity contribution >= 4 is 35.7 Å². The van der Waals surface area contributed by atoms with E-state index in [1.807, 2.05) is 25.1 Å². The van der Waals surface area contributed by atoms with Gasteiger partial charge in [-0.15, -0.1) is 17.7 Å². The predicted molar refractivity (Wildman–Crippen MR) is 148 cm³/mol. The van der Waals surface area contributed by atoms with E-state index in [4.69, 9.17) is 11.6 Å². The van der Waals surface area contributed by atoms with E-state index < -0.39 is 0 Å². The number of H-pyrrole nitrogens is 1. The third kappa shape index (κ3) is 4.82. The molecular weight excluding hydrogens is 524 g/mol. The Kier molecular flexibility index (Phi) is 7.04. The number of pyridine rings is 1. The van der Waals surface area contributed by atoms with E-state index in [0.29, 0.717) is 22.2 Å². The first kappa shape index (κ1) is 25.7. The minimum Gasteiger partial charge on any atom is -0.344 e. The number of hydrogen-bond donors (Lipinski definition) is 2. The lowest BCUT2D eigenvalue weighted by Gasteiger charge is -2.15. The van der Waals surface area contributed by atoms with E-state index in [2.05, 4.69) is 38.1 Å². The summed E-state index contributed by atoms with van der Waals surface area (Å²) in [5, 5.41) is 12.0. The van der Waals surface area contributed by atoms with Crippen LogP contribution in [0.2, 0.25) is 5.02 Å². The number of allylic oxidation sites excluding steroid dienone is 3. The molecule has 3 aromatic heterocycles. The normalized spacial score (nSPS) is 15.6. The van der Waals surface area contributed by atoms with Gasteiger partial charge in [0, 0.05) is 36.4 Å². The van der Waals surface area contributed by atoms with Gasteiger partial charge in [0.15, 0.2) is 0 Å². The minimum atomic E-state index is -0.236. The molecule has 0 aliphatic carbocycles. The minimum absolute atomic E-state index is 0.138. The van der Waals surface area contributed by atoms with Gasteiger partial charge in [0.25, 0.3) is 11.5 Å². The summed E-state index contributed by atoms with van der Waals surface area (Å²) >= 11 is 10.7. The van der Waals surface area contributed by atoms with E-state index in [9.17, 15) is 9.59 Å². The van der Waals surface area contributed by atoms with Crippen molar-refractivity contribution in [1.82, 2.24) is 39.6 Å². The second-order valence-electron chi connectivity index (χ2n) is 9.07. The number of benzene rings is 1. The van der Waals surface area contributed by atoms with Crippen LogP contribution in [0.3, 0.4) is 0 Å². The monoisotopic (exact) mass is 548 g/mol. The first-order valence-electron chi connectivity index (χ1n) is 11.9. The average Bonchev–Trinajstić information content (AvgIpc) is 3.67.